The van der Waals surface area contributed by atoms with Crippen LogP contribution in [0.1, 0.15) is 18.4 Å². The van der Waals surface area contributed by atoms with Gasteiger partial charge in [-0.15, -0.1) is 0 Å². The van der Waals surface area contributed by atoms with E-state index < -0.39 is 6.10 Å². The quantitative estimate of drug-likeness (QED) is 0.585. The van der Waals surface area contributed by atoms with Gasteiger partial charge >= 0.3 is 0 Å². The Morgan fingerprint density at radius 3 is 2.79 bits per heavy atom. The molecule has 4 N–H and O–H groups in total. The van der Waals surface area contributed by atoms with Crippen LogP contribution in [-0.4, -0.2) is 38.1 Å². The van der Waals surface area contributed by atoms with Gasteiger partial charge in [-0.3, -0.25) is 0 Å². The van der Waals surface area contributed by atoms with Crippen molar-refractivity contribution in [2.24, 2.45) is 0 Å². The van der Waals surface area contributed by atoms with Crippen molar-refractivity contribution in [3.63, 3.8) is 0 Å². The van der Waals surface area contributed by atoms with Gasteiger partial charge < -0.3 is 25.2 Å². The molecular weight excluding hydrogens is 250 g/mol. The van der Waals surface area contributed by atoms with Crippen LogP contribution >= 0.6 is 0 Å². The zero-order chi connectivity index (χ0) is 13.4. The van der Waals surface area contributed by atoms with Crippen LogP contribution in [-0.2, 0) is 0 Å². The minimum absolute atomic E-state index is 0.151. The monoisotopic (exact) mass is 263 g/mol. The van der Waals surface area contributed by atoms with Crippen molar-refractivity contribution in [1.29, 1.82) is 0 Å². The van der Waals surface area contributed by atoms with Crippen molar-refractivity contribution >= 4 is 0 Å². The van der Waals surface area contributed by atoms with Gasteiger partial charge in [0.15, 0.2) is 11.5 Å². The van der Waals surface area contributed by atoms with E-state index in [-0.39, 0.29) is 17.5 Å². The van der Waals surface area contributed by atoms with E-state index in [1.807, 2.05) is 0 Å². The minimum atomic E-state index is -0.405. The molecule has 2 aromatic rings. The van der Waals surface area contributed by atoms with E-state index in [0.29, 0.717) is 30.2 Å². The molecule has 1 unspecified atom stereocenters. The number of hydrogen-bond donors (Lipinski definition) is 4. The molecule has 2 heterocycles. The van der Waals surface area contributed by atoms with Crippen LogP contribution in [0.3, 0.4) is 0 Å². The lowest BCUT2D eigenvalue weighted by Gasteiger charge is -2.01. The van der Waals surface area contributed by atoms with Crippen LogP contribution in [0.4, 0.5) is 0 Å². The maximum Gasteiger partial charge on any atom is 0.244 e. The van der Waals surface area contributed by atoms with Gasteiger partial charge in [-0.25, -0.2) is 0 Å². The summed E-state index contributed by atoms with van der Waals surface area (Å²) in [5.74, 6) is 0.291. The van der Waals surface area contributed by atoms with Gasteiger partial charge in [0.25, 0.3) is 0 Å². The standard InChI is InChI=1S/C12H13N3O4/c16-7-4-8(13-5-7)12-14-11(15-19-12)6-1-2-9(17)10(18)3-6/h1-3,7-8,13,16-18H,4-5H2/t7?,8-/m0/s1. The summed E-state index contributed by atoms with van der Waals surface area (Å²) in [5, 5.41) is 35.0. The highest BCUT2D eigenvalue weighted by molar-refractivity contribution is 5.59. The summed E-state index contributed by atoms with van der Waals surface area (Å²) in [6.45, 7) is 0.502. The van der Waals surface area contributed by atoms with Crippen LogP contribution < -0.4 is 5.32 Å². The summed E-state index contributed by atoms with van der Waals surface area (Å²) < 4.78 is 5.14. The van der Waals surface area contributed by atoms with Crippen molar-refractivity contribution < 1.29 is 19.8 Å². The molecule has 19 heavy (non-hydrogen) atoms. The van der Waals surface area contributed by atoms with Crippen molar-refractivity contribution in [2.75, 3.05) is 6.54 Å². The van der Waals surface area contributed by atoms with E-state index in [0.717, 1.165) is 0 Å². The van der Waals surface area contributed by atoms with Crippen molar-refractivity contribution in [3.05, 3.63) is 24.1 Å². The number of phenols is 2. The first-order valence-electron chi connectivity index (χ1n) is 5.91. The number of aliphatic hydroxyl groups is 1. The Balaban J connectivity index is 1.86. The second-order valence-corrected chi connectivity index (χ2v) is 4.51. The van der Waals surface area contributed by atoms with Crippen LogP contribution in [0.25, 0.3) is 11.4 Å². The Morgan fingerprint density at radius 2 is 2.11 bits per heavy atom. The zero-order valence-corrected chi connectivity index (χ0v) is 9.95. The molecule has 100 valence electrons. The van der Waals surface area contributed by atoms with Gasteiger partial charge in [0.2, 0.25) is 11.7 Å². The molecule has 1 aromatic heterocycles. The maximum absolute atomic E-state index is 9.44. The number of nitrogens with zero attached hydrogens (tertiary/aromatic N) is 2. The third-order valence-electron chi connectivity index (χ3n) is 3.08. The number of β-amino-alcohol motifs (C(OH)–C–C–N with tert-alkyl or cyclic N) is 1. The summed E-state index contributed by atoms with van der Waals surface area (Å²) in [6.07, 6.45) is 0.126. The Labute approximate surface area is 108 Å². The van der Waals surface area contributed by atoms with Gasteiger partial charge in [0.1, 0.15) is 0 Å². The molecule has 1 aromatic carbocycles. The highest BCUT2D eigenvalue weighted by Gasteiger charge is 2.28. The normalized spacial score (nSPS) is 22.8. The number of aromatic hydroxyl groups is 2. The first-order valence-corrected chi connectivity index (χ1v) is 5.91. The molecule has 0 aliphatic carbocycles. The largest absolute Gasteiger partial charge is 0.504 e. The van der Waals surface area contributed by atoms with Gasteiger partial charge in [-0.05, 0) is 24.6 Å². The van der Waals surface area contributed by atoms with Gasteiger partial charge in [0.05, 0.1) is 12.1 Å². The molecule has 3 rings (SSSR count). The third-order valence-corrected chi connectivity index (χ3v) is 3.08. The van der Waals surface area contributed by atoms with Gasteiger partial charge in [-0.1, -0.05) is 5.16 Å². The Bertz CT molecular complexity index is 598. The summed E-state index contributed by atoms with van der Waals surface area (Å²) in [5.41, 5.74) is 0.545. The summed E-state index contributed by atoms with van der Waals surface area (Å²) in [7, 11) is 0. The fourth-order valence-corrected chi connectivity index (χ4v) is 2.06. The average Bonchev–Trinajstić information content (AvgIpc) is 3.01. The van der Waals surface area contributed by atoms with Gasteiger partial charge in [-0.2, -0.15) is 4.98 Å². The van der Waals surface area contributed by atoms with E-state index >= 15 is 0 Å². The first kappa shape index (κ1) is 11.9. The third kappa shape index (κ3) is 2.25. The molecule has 0 bridgehead atoms. The molecule has 7 nitrogen and oxygen atoms in total. The molecule has 1 saturated heterocycles. The van der Waals surface area contributed by atoms with Crippen LogP contribution in [0.15, 0.2) is 22.7 Å². The predicted molar refractivity (Wildman–Crippen MR) is 64.4 cm³/mol. The van der Waals surface area contributed by atoms with Gasteiger partial charge in [0, 0.05) is 12.1 Å². The molecule has 1 aliphatic rings. The molecule has 0 radical (unpaired) electrons. The Hall–Kier alpha value is -2.12. The van der Waals surface area contributed by atoms with E-state index in [1.54, 1.807) is 6.07 Å². The molecule has 0 saturated carbocycles. The number of phenolic OH excluding ortho intramolecular Hbond substituents is 2. The lowest BCUT2D eigenvalue weighted by molar-refractivity contribution is 0.191. The van der Waals surface area contributed by atoms with Crippen LogP contribution in [0.2, 0.25) is 0 Å². The molecule has 0 spiro atoms. The molecule has 1 fully saturated rings. The minimum Gasteiger partial charge on any atom is -0.504 e. The Kier molecular flexibility index (Phi) is 2.84. The predicted octanol–water partition coefficient (Wildman–Crippen LogP) is 0.543. The lowest BCUT2D eigenvalue weighted by Crippen LogP contribution is -2.15. The summed E-state index contributed by atoms with van der Waals surface area (Å²) in [6, 6.07) is 4.15. The van der Waals surface area contributed by atoms with Crippen molar-refractivity contribution in [2.45, 2.75) is 18.6 Å². The second kappa shape index (κ2) is 4.52. The number of rotatable bonds is 2. The molecule has 2 atom stereocenters. The number of hydrogen-bond acceptors (Lipinski definition) is 7. The van der Waals surface area contributed by atoms with Crippen LogP contribution in [0.5, 0.6) is 11.5 Å². The zero-order valence-electron chi connectivity index (χ0n) is 9.95. The maximum atomic E-state index is 9.44. The molecular formula is C12H13N3O4. The summed E-state index contributed by atoms with van der Waals surface area (Å²) in [4.78, 5) is 4.22. The van der Waals surface area contributed by atoms with E-state index in [9.17, 15) is 15.3 Å². The fourth-order valence-electron chi connectivity index (χ4n) is 2.06. The number of nitrogens with one attached hydrogen (secondary N) is 1. The first-order chi connectivity index (χ1) is 9.13. The topological polar surface area (TPSA) is 112 Å². The highest BCUT2D eigenvalue weighted by atomic mass is 16.5. The molecule has 1 aliphatic heterocycles. The highest BCUT2D eigenvalue weighted by Crippen LogP contribution is 2.30. The van der Waals surface area contributed by atoms with E-state index in [1.165, 1.54) is 12.1 Å². The molecule has 0 amide bonds. The van der Waals surface area contributed by atoms with Crippen molar-refractivity contribution in [3.8, 4) is 22.9 Å². The Morgan fingerprint density at radius 1 is 1.26 bits per heavy atom. The second-order valence-electron chi connectivity index (χ2n) is 4.51. The summed E-state index contributed by atoms with van der Waals surface area (Å²) >= 11 is 0. The smallest absolute Gasteiger partial charge is 0.244 e. The lowest BCUT2D eigenvalue weighted by atomic mass is 10.2. The average molecular weight is 263 g/mol. The molecule has 7 heteroatoms. The van der Waals surface area contributed by atoms with Crippen LogP contribution in [0, 0.1) is 0 Å². The number of benzene rings is 1. The van der Waals surface area contributed by atoms with E-state index in [4.69, 9.17) is 4.52 Å². The van der Waals surface area contributed by atoms with E-state index in [2.05, 4.69) is 15.5 Å². The number of aromatic nitrogens is 2. The van der Waals surface area contributed by atoms with Crippen molar-refractivity contribution in [1.82, 2.24) is 15.5 Å². The fraction of sp³-hybridized carbons (Fsp3) is 0.333. The number of aliphatic hydroxyl groups excluding tert-OH is 1. The SMILES string of the molecule is Oc1ccc(-c2noc([C@@H]3CC(O)CN3)n2)cc1O.